The van der Waals surface area contributed by atoms with Gasteiger partial charge in [0.05, 0.1) is 23.4 Å². The van der Waals surface area contributed by atoms with Crippen molar-refractivity contribution in [2.24, 2.45) is 0 Å². The number of hydrogen-bond donors (Lipinski definition) is 0. The zero-order valence-corrected chi connectivity index (χ0v) is 24.0. The summed E-state index contributed by atoms with van der Waals surface area (Å²) in [7, 11) is 7.25. The van der Waals surface area contributed by atoms with Crippen LogP contribution in [-0.2, 0) is 26.3 Å². The summed E-state index contributed by atoms with van der Waals surface area (Å²) in [6.07, 6.45) is 0.923. The maximum Gasteiger partial charge on any atom is 0.340 e. The van der Waals surface area contributed by atoms with E-state index in [1.54, 1.807) is 6.07 Å². The van der Waals surface area contributed by atoms with Crippen LogP contribution in [0.2, 0.25) is 5.02 Å². The van der Waals surface area contributed by atoms with Gasteiger partial charge in [0.1, 0.15) is 11.5 Å². The third kappa shape index (κ3) is 4.37. The number of esters is 2. The van der Waals surface area contributed by atoms with Crippen LogP contribution in [0.1, 0.15) is 39.0 Å². The number of nitrogens with zero attached hydrogens (tertiary/aromatic N) is 2. The minimum atomic E-state index is -1.19. The summed E-state index contributed by atoms with van der Waals surface area (Å²) in [6.45, 7) is 0. The van der Waals surface area contributed by atoms with Crippen molar-refractivity contribution < 1.29 is 23.8 Å². The van der Waals surface area contributed by atoms with Crippen molar-refractivity contribution in [3.63, 3.8) is 0 Å². The van der Waals surface area contributed by atoms with Gasteiger partial charge in [-0.25, -0.2) is 4.79 Å². The summed E-state index contributed by atoms with van der Waals surface area (Å²) in [5.41, 5.74) is 5.13. The van der Waals surface area contributed by atoms with Gasteiger partial charge in [-0.05, 0) is 48.4 Å². The molecule has 6 rings (SSSR count). The van der Waals surface area contributed by atoms with Crippen molar-refractivity contribution in [3.05, 3.63) is 112 Å². The number of benzene rings is 4. The van der Waals surface area contributed by atoms with E-state index in [2.05, 4.69) is 0 Å². The first-order chi connectivity index (χ1) is 19.7. The Balaban J connectivity index is 1.44. The van der Waals surface area contributed by atoms with Crippen LogP contribution in [0.3, 0.4) is 0 Å². The Morgan fingerprint density at radius 2 is 1.59 bits per heavy atom. The van der Waals surface area contributed by atoms with E-state index in [1.807, 2.05) is 104 Å². The standard InChI is InChI=1S/C33H29ClN2O5/c1-35(2)22-14-15-25-29(17-22)40-30-19-28(36(3)21-12-9-20(10-13-21)11-16-31(37)39-4)27(34)18-26(30)33(25)24-8-6-5-7-23(24)32(38)41-33/h5-10,12-15,17-19H,11,16H2,1-4H3. The Morgan fingerprint density at radius 3 is 2.32 bits per heavy atom. The monoisotopic (exact) mass is 568 g/mol. The summed E-state index contributed by atoms with van der Waals surface area (Å²) in [5.74, 6) is 0.540. The average Bonchev–Trinajstić information content (AvgIpc) is 3.28. The topological polar surface area (TPSA) is 68.3 Å². The van der Waals surface area contributed by atoms with Crippen LogP contribution in [0, 0.1) is 0 Å². The third-order valence-corrected chi connectivity index (χ3v) is 8.11. The lowest BCUT2D eigenvalue weighted by molar-refractivity contribution is -0.140. The highest BCUT2D eigenvalue weighted by molar-refractivity contribution is 6.33. The number of ether oxygens (including phenoxy) is 3. The van der Waals surface area contributed by atoms with Crippen molar-refractivity contribution in [1.82, 2.24) is 0 Å². The van der Waals surface area contributed by atoms with E-state index in [4.69, 9.17) is 25.8 Å². The first-order valence-electron chi connectivity index (χ1n) is 13.3. The Morgan fingerprint density at radius 1 is 0.878 bits per heavy atom. The summed E-state index contributed by atoms with van der Waals surface area (Å²) < 4.78 is 17.5. The molecule has 0 amide bonds. The Kier molecular flexibility index (Phi) is 6.62. The van der Waals surface area contributed by atoms with Crippen LogP contribution in [0.5, 0.6) is 11.5 Å². The predicted octanol–water partition coefficient (Wildman–Crippen LogP) is 6.85. The number of aryl methyl sites for hydroxylation is 1. The molecule has 0 saturated heterocycles. The maximum absolute atomic E-state index is 13.2. The second-order valence-electron chi connectivity index (χ2n) is 10.4. The molecule has 4 aromatic rings. The Hall–Kier alpha value is -4.49. The molecule has 8 heteroatoms. The first-order valence-corrected chi connectivity index (χ1v) is 13.7. The molecule has 0 aromatic heterocycles. The Labute approximate surface area is 243 Å². The number of halogens is 1. The molecule has 41 heavy (non-hydrogen) atoms. The number of carbonyl (C=O) groups is 2. The summed E-state index contributed by atoms with van der Waals surface area (Å²) in [6, 6.07) is 25.0. The maximum atomic E-state index is 13.2. The zero-order chi connectivity index (χ0) is 28.9. The molecule has 0 saturated carbocycles. The number of anilines is 3. The van der Waals surface area contributed by atoms with Crippen LogP contribution >= 0.6 is 11.6 Å². The highest BCUT2D eigenvalue weighted by atomic mass is 35.5. The van der Waals surface area contributed by atoms with Gasteiger partial charge in [0.25, 0.3) is 0 Å². The van der Waals surface area contributed by atoms with Crippen LogP contribution in [-0.4, -0.2) is 40.2 Å². The van der Waals surface area contributed by atoms with Crippen LogP contribution in [0.25, 0.3) is 0 Å². The molecule has 0 aliphatic carbocycles. The molecule has 2 aliphatic heterocycles. The molecule has 0 radical (unpaired) electrons. The number of carbonyl (C=O) groups excluding carboxylic acids is 2. The summed E-state index contributed by atoms with van der Waals surface area (Å²) >= 11 is 6.96. The van der Waals surface area contributed by atoms with E-state index < -0.39 is 5.60 Å². The number of methoxy groups -OCH3 is 1. The van der Waals surface area contributed by atoms with E-state index >= 15 is 0 Å². The lowest BCUT2D eigenvalue weighted by Gasteiger charge is -2.37. The minimum Gasteiger partial charge on any atom is -0.469 e. The quantitative estimate of drug-likeness (QED) is 0.236. The second kappa shape index (κ2) is 10.2. The van der Waals surface area contributed by atoms with Gasteiger partial charge in [-0.2, -0.15) is 0 Å². The number of fused-ring (bicyclic) bond motifs is 6. The lowest BCUT2D eigenvalue weighted by atomic mass is 9.77. The molecule has 0 fully saturated rings. The number of hydrogen-bond acceptors (Lipinski definition) is 7. The van der Waals surface area contributed by atoms with E-state index in [1.165, 1.54) is 7.11 Å². The van der Waals surface area contributed by atoms with Crippen LogP contribution in [0.15, 0.2) is 78.9 Å². The molecule has 1 atom stereocenters. The Bertz CT molecular complexity index is 1680. The molecule has 1 spiro atoms. The van der Waals surface area contributed by atoms with E-state index in [-0.39, 0.29) is 11.9 Å². The molecule has 0 bridgehead atoms. The van der Waals surface area contributed by atoms with Crippen molar-refractivity contribution in [2.75, 3.05) is 38.1 Å². The second-order valence-corrected chi connectivity index (χ2v) is 10.8. The fourth-order valence-corrected chi connectivity index (χ4v) is 5.87. The normalized spacial score (nSPS) is 16.3. The van der Waals surface area contributed by atoms with Crippen molar-refractivity contribution in [3.8, 4) is 11.5 Å². The highest BCUT2D eigenvalue weighted by Crippen LogP contribution is 2.58. The van der Waals surface area contributed by atoms with E-state index in [0.717, 1.165) is 33.8 Å². The molecule has 7 nitrogen and oxygen atoms in total. The van der Waals surface area contributed by atoms with Crippen molar-refractivity contribution >= 4 is 40.6 Å². The van der Waals surface area contributed by atoms with E-state index in [9.17, 15) is 9.59 Å². The molecule has 0 N–H and O–H groups in total. The molecule has 208 valence electrons. The van der Waals surface area contributed by atoms with Gasteiger partial charge >= 0.3 is 11.9 Å². The van der Waals surface area contributed by atoms with Gasteiger partial charge in [0.15, 0.2) is 5.60 Å². The van der Waals surface area contributed by atoms with Gasteiger partial charge in [0.2, 0.25) is 0 Å². The van der Waals surface area contributed by atoms with Crippen LogP contribution in [0.4, 0.5) is 17.1 Å². The zero-order valence-electron chi connectivity index (χ0n) is 23.2. The van der Waals surface area contributed by atoms with Crippen LogP contribution < -0.4 is 14.5 Å². The fourth-order valence-electron chi connectivity index (χ4n) is 5.58. The van der Waals surface area contributed by atoms with Gasteiger partial charge in [0, 0.05) is 67.8 Å². The summed E-state index contributed by atoms with van der Waals surface area (Å²) in [4.78, 5) is 28.7. The predicted molar refractivity (Wildman–Crippen MR) is 159 cm³/mol. The molecule has 4 aromatic carbocycles. The van der Waals surface area contributed by atoms with Gasteiger partial charge in [-0.3, -0.25) is 4.79 Å². The molecular weight excluding hydrogens is 540 g/mol. The van der Waals surface area contributed by atoms with Crippen molar-refractivity contribution in [2.45, 2.75) is 18.4 Å². The lowest BCUT2D eigenvalue weighted by Crippen LogP contribution is -2.33. The third-order valence-electron chi connectivity index (χ3n) is 7.81. The highest BCUT2D eigenvalue weighted by Gasteiger charge is 2.53. The van der Waals surface area contributed by atoms with E-state index in [0.29, 0.717) is 40.5 Å². The summed E-state index contributed by atoms with van der Waals surface area (Å²) in [5, 5.41) is 0.484. The van der Waals surface area contributed by atoms with Gasteiger partial charge in [-0.1, -0.05) is 41.9 Å². The minimum absolute atomic E-state index is 0.236. The van der Waals surface area contributed by atoms with Gasteiger partial charge < -0.3 is 24.0 Å². The molecule has 2 aliphatic rings. The van der Waals surface area contributed by atoms with Crippen molar-refractivity contribution in [1.29, 1.82) is 0 Å². The smallest absolute Gasteiger partial charge is 0.340 e. The number of rotatable bonds is 6. The molecular formula is C33H29ClN2O5. The largest absolute Gasteiger partial charge is 0.469 e. The SMILES string of the molecule is COC(=O)CCc1ccc(N(C)c2cc3c(cc2Cl)C2(OC(=O)c4ccccc42)c2ccc(N(C)C)cc2O3)cc1. The molecule has 1 unspecified atom stereocenters. The van der Waals surface area contributed by atoms with Gasteiger partial charge in [-0.15, -0.1) is 0 Å². The fraction of sp³-hybridized carbons (Fsp3) is 0.212. The first kappa shape index (κ1) is 26.7. The molecule has 2 heterocycles. The average molecular weight is 569 g/mol.